The summed E-state index contributed by atoms with van der Waals surface area (Å²) in [5, 5.41) is 21.3. The molecule has 1 heterocycles. The minimum atomic E-state index is -0.510. The van der Waals surface area contributed by atoms with Gasteiger partial charge in [-0.25, -0.2) is 4.63 Å². The molecule has 118 valence electrons. The molecule has 0 unspecified atom stereocenters. The fourth-order valence-electron chi connectivity index (χ4n) is 1.66. The zero-order valence-corrected chi connectivity index (χ0v) is 12.5. The number of nitro groups is 1. The van der Waals surface area contributed by atoms with Gasteiger partial charge < -0.3 is 14.8 Å². The van der Waals surface area contributed by atoms with Gasteiger partial charge in [0.15, 0.2) is 0 Å². The van der Waals surface area contributed by atoms with Gasteiger partial charge in [-0.1, -0.05) is 11.6 Å². The van der Waals surface area contributed by atoms with Gasteiger partial charge in [-0.2, -0.15) is 0 Å². The molecule has 9 nitrogen and oxygen atoms in total. The number of anilines is 1. The highest BCUT2D eigenvalue weighted by atomic mass is 35.5. The number of methoxy groups -OCH3 is 1. The minimum absolute atomic E-state index is 0.111. The Morgan fingerprint density at radius 1 is 1.45 bits per heavy atom. The SMILES string of the molecule is COc1nonc1O[C@@H](C)CNc1ccc(Cl)cc1[N+](=O)[O-]. The lowest BCUT2D eigenvalue weighted by molar-refractivity contribution is -0.383. The van der Waals surface area contributed by atoms with Crippen molar-refractivity contribution in [1.29, 1.82) is 0 Å². The number of hydrogen-bond donors (Lipinski definition) is 1. The highest BCUT2D eigenvalue weighted by Gasteiger charge is 2.18. The maximum atomic E-state index is 11.0. The van der Waals surface area contributed by atoms with E-state index in [-0.39, 0.29) is 23.6 Å². The monoisotopic (exact) mass is 328 g/mol. The normalized spacial score (nSPS) is 11.8. The molecule has 0 spiro atoms. The first-order valence-corrected chi connectivity index (χ1v) is 6.60. The molecule has 0 aliphatic rings. The Bertz CT molecular complexity index is 663. The van der Waals surface area contributed by atoms with Crippen LogP contribution < -0.4 is 14.8 Å². The Hall–Kier alpha value is -2.55. The third-order valence-corrected chi connectivity index (χ3v) is 2.91. The molecular weight excluding hydrogens is 316 g/mol. The number of aromatic nitrogens is 2. The molecule has 22 heavy (non-hydrogen) atoms. The van der Waals surface area contributed by atoms with E-state index in [0.29, 0.717) is 17.3 Å². The van der Waals surface area contributed by atoms with Crippen LogP contribution in [0.3, 0.4) is 0 Å². The summed E-state index contributed by atoms with van der Waals surface area (Å²) in [6.45, 7) is 2.04. The van der Waals surface area contributed by atoms with E-state index in [9.17, 15) is 10.1 Å². The van der Waals surface area contributed by atoms with Gasteiger partial charge in [-0.05, 0) is 29.4 Å². The maximum absolute atomic E-state index is 11.0. The number of nitro benzene ring substituents is 1. The van der Waals surface area contributed by atoms with Gasteiger partial charge in [0, 0.05) is 11.1 Å². The van der Waals surface area contributed by atoms with Gasteiger partial charge in [0.25, 0.3) is 5.69 Å². The van der Waals surface area contributed by atoms with E-state index in [2.05, 4.69) is 20.3 Å². The topological polar surface area (TPSA) is 113 Å². The molecule has 0 amide bonds. The lowest BCUT2D eigenvalue weighted by Gasteiger charge is -2.14. The molecule has 1 atom stereocenters. The van der Waals surface area contributed by atoms with E-state index in [0.717, 1.165) is 0 Å². The Kier molecular flexibility index (Phi) is 4.99. The Morgan fingerprint density at radius 3 is 2.86 bits per heavy atom. The largest absolute Gasteiger partial charge is 0.475 e. The number of benzene rings is 1. The smallest absolute Gasteiger partial charge is 0.320 e. The van der Waals surface area contributed by atoms with E-state index in [4.69, 9.17) is 21.1 Å². The van der Waals surface area contributed by atoms with Gasteiger partial charge in [0.1, 0.15) is 11.8 Å². The molecule has 0 fully saturated rings. The van der Waals surface area contributed by atoms with Gasteiger partial charge >= 0.3 is 11.8 Å². The second-order valence-corrected chi connectivity index (χ2v) is 4.74. The van der Waals surface area contributed by atoms with Crippen molar-refractivity contribution in [2.45, 2.75) is 13.0 Å². The molecule has 0 saturated heterocycles. The Labute approximate surface area is 130 Å². The van der Waals surface area contributed by atoms with Crippen molar-refractivity contribution in [3.05, 3.63) is 33.3 Å². The molecule has 1 aromatic carbocycles. The van der Waals surface area contributed by atoms with Crippen molar-refractivity contribution in [2.75, 3.05) is 19.0 Å². The summed E-state index contributed by atoms with van der Waals surface area (Å²) < 4.78 is 14.9. The van der Waals surface area contributed by atoms with Crippen molar-refractivity contribution >= 4 is 23.0 Å². The summed E-state index contributed by atoms with van der Waals surface area (Å²) in [4.78, 5) is 10.5. The van der Waals surface area contributed by atoms with E-state index in [1.165, 1.54) is 19.2 Å². The first-order chi connectivity index (χ1) is 10.5. The highest BCUT2D eigenvalue weighted by Crippen LogP contribution is 2.28. The van der Waals surface area contributed by atoms with Crippen LogP contribution in [0, 0.1) is 10.1 Å². The number of nitrogens with one attached hydrogen (secondary N) is 1. The van der Waals surface area contributed by atoms with Crippen LogP contribution in [0.4, 0.5) is 11.4 Å². The van der Waals surface area contributed by atoms with E-state index in [1.54, 1.807) is 13.0 Å². The first kappa shape index (κ1) is 15.8. The van der Waals surface area contributed by atoms with Crippen molar-refractivity contribution in [3.8, 4) is 11.8 Å². The predicted molar refractivity (Wildman–Crippen MR) is 77.5 cm³/mol. The minimum Gasteiger partial charge on any atom is -0.475 e. The third-order valence-electron chi connectivity index (χ3n) is 2.67. The van der Waals surface area contributed by atoms with Gasteiger partial charge in [-0.15, -0.1) is 0 Å². The molecule has 0 radical (unpaired) electrons. The molecule has 2 rings (SSSR count). The van der Waals surface area contributed by atoms with Crippen molar-refractivity contribution in [2.24, 2.45) is 0 Å². The van der Waals surface area contributed by atoms with E-state index in [1.807, 2.05) is 0 Å². The van der Waals surface area contributed by atoms with E-state index >= 15 is 0 Å². The van der Waals surface area contributed by atoms with Crippen LogP contribution in [0.2, 0.25) is 5.02 Å². The summed E-state index contributed by atoms with van der Waals surface area (Å²) in [6.07, 6.45) is -0.365. The quantitative estimate of drug-likeness (QED) is 0.609. The van der Waals surface area contributed by atoms with Gasteiger partial charge in [0.05, 0.1) is 18.6 Å². The molecule has 10 heteroatoms. The molecule has 0 bridgehead atoms. The maximum Gasteiger partial charge on any atom is 0.320 e. The lowest BCUT2D eigenvalue weighted by atomic mass is 10.2. The summed E-state index contributed by atoms with van der Waals surface area (Å²) in [5.74, 6) is 0.242. The third kappa shape index (κ3) is 3.76. The summed E-state index contributed by atoms with van der Waals surface area (Å²) in [5.41, 5.74) is 0.232. The molecule has 1 N–H and O–H groups in total. The van der Waals surface area contributed by atoms with Crippen LogP contribution >= 0.6 is 11.6 Å². The van der Waals surface area contributed by atoms with Gasteiger partial charge in [0.2, 0.25) is 0 Å². The van der Waals surface area contributed by atoms with Crippen LogP contribution in [0.1, 0.15) is 6.92 Å². The van der Waals surface area contributed by atoms with Crippen molar-refractivity contribution in [3.63, 3.8) is 0 Å². The fraction of sp³-hybridized carbons (Fsp3) is 0.333. The number of nitrogens with zero attached hydrogens (tertiary/aromatic N) is 3. The molecular formula is C12H13ClN4O5. The first-order valence-electron chi connectivity index (χ1n) is 6.22. The number of rotatable bonds is 7. The van der Waals surface area contributed by atoms with Gasteiger partial charge in [-0.3, -0.25) is 10.1 Å². The zero-order chi connectivity index (χ0) is 16.1. The van der Waals surface area contributed by atoms with Crippen LogP contribution in [0.25, 0.3) is 0 Å². The second-order valence-electron chi connectivity index (χ2n) is 4.31. The molecule has 1 aromatic heterocycles. The standard InChI is InChI=1S/C12H13ClN4O5/c1-7(21-12-11(20-2)15-22-16-12)6-14-9-4-3-8(13)5-10(9)17(18)19/h3-5,7,14H,6H2,1-2H3/t7-/m0/s1. The average molecular weight is 329 g/mol. The number of ether oxygens (including phenoxy) is 2. The van der Waals surface area contributed by atoms with Crippen LogP contribution in [0.15, 0.2) is 22.8 Å². The van der Waals surface area contributed by atoms with Crippen LogP contribution in [-0.4, -0.2) is 35.0 Å². The predicted octanol–water partition coefficient (Wildman–Crippen LogP) is 2.52. The fourth-order valence-corrected chi connectivity index (χ4v) is 1.83. The average Bonchev–Trinajstić information content (AvgIpc) is 2.92. The molecule has 0 saturated carbocycles. The highest BCUT2D eigenvalue weighted by molar-refractivity contribution is 6.30. The van der Waals surface area contributed by atoms with Crippen molar-refractivity contribution in [1.82, 2.24) is 10.3 Å². The van der Waals surface area contributed by atoms with E-state index < -0.39 is 4.92 Å². The molecule has 0 aliphatic heterocycles. The summed E-state index contributed by atoms with van der Waals surface area (Å²) in [7, 11) is 1.41. The zero-order valence-electron chi connectivity index (χ0n) is 11.8. The van der Waals surface area contributed by atoms with Crippen LogP contribution in [-0.2, 0) is 0 Å². The Balaban J connectivity index is 1.99. The summed E-state index contributed by atoms with van der Waals surface area (Å²) in [6, 6.07) is 4.37. The number of hydrogen-bond acceptors (Lipinski definition) is 8. The second kappa shape index (κ2) is 6.94. The lowest BCUT2D eigenvalue weighted by Crippen LogP contribution is -2.23. The van der Waals surface area contributed by atoms with Crippen molar-refractivity contribution < 1.29 is 19.0 Å². The van der Waals surface area contributed by atoms with Crippen LogP contribution in [0.5, 0.6) is 11.8 Å². The number of halogens is 1. The summed E-state index contributed by atoms with van der Waals surface area (Å²) >= 11 is 5.76. The Morgan fingerprint density at radius 2 is 2.18 bits per heavy atom. The molecule has 0 aliphatic carbocycles. The molecule has 2 aromatic rings.